The van der Waals surface area contributed by atoms with Crippen LogP contribution in [0.1, 0.15) is 16.7 Å². The lowest BCUT2D eigenvalue weighted by atomic mass is 10.1. The molecule has 0 aliphatic rings. The SMILES string of the molecule is Cc1ccc(C)c(N(CC(=O)NCc2ccccc2-n2ccnc2)S(=O)(=O)c2ccccc2)c1. The van der Waals surface area contributed by atoms with Crippen LogP contribution in [0.15, 0.2) is 96.4 Å². The molecule has 0 saturated heterocycles. The average molecular weight is 475 g/mol. The molecule has 1 heterocycles. The summed E-state index contributed by atoms with van der Waals surface area (Å²) < 4.78 is 30.1. The lowest BCUT2D eigenvalue weighted by Crippen LogP contribution is -2.41. The van der Waals surface area contributed by atoms with Gasteiger partial charge in [0.2, 0.25) is 5.91 Å². The number of rotatable bonds is 8. The normalized spacial score (nSPS) is 11.2. The van der Waals surface area contributed by atoms with Crippen molar-refractivity contribution in [1.82, 2.24) is 14.9 Å². The molecule has 0 aliphatic heterocycles. The highest BCUT2D eigenvalue weighted by atomic mass is 32.2. The molecule has 0 atom stereocenters. The molecule has 1 amide bonds. The maximum absolute atomic E-state index is 13.6. The van der Waals surface area contributed by atoms with Crippen molar-refractivity contribution < 1.29 is 13.2 Å². The summed E-state index contributed by atoms with van der Waals surface area (Å²) in [4.78, 5) is 17.3. The van der Waals surface area contributed by atoms with Gasteiger partial charge in [-0.15, -0.1) is 0 Å². The number of anilines is 1. The Morgan fingerprint density at radius 2 is 1.74 bits per heavy atom. The molecule has 1 aromatic heterocycles. The number of nitrogens with zero attached hydrogens (tertiary/aromatic N) is 3. The molecule has 0 bridgehead atoms. The zero-order chi connectivity index (χ0) is 24.1. The van der Waals surface area contributed by atoms with Crippen LogP contribution in [0.4, 0.5) is 5.69 Å². The predicted molar refractivity (Wildman–Crippen MR) is 132 cm³/mol. The highest BCUT2D eigenvalue weighted by Gasteiger charge is 2.28. The molecular formula is C26H26N4O3S. The summed E-state index contributed by atoms with van der Waals surface area (Å²) in [5.74, 6) is -0.402. The first-order valence-electron chi connectivity index (χ1n) is 10.8. The first kappa shape index (κ1) is 23.3. The van der Waals surface area contributed by atoms with E-state index in [1.54, 1.807) is 36.8 Å². The summed E-state index contributed by atoms with van der Waals surface area (Å²) in [5, 5.41) is 2.88. The van der Waals surface area contributed by atoms with E-state index in [4.69, 9.17) is 0 Å². The number of carbonyl (C=O) groups excluding carboxylic acids is 1. The van der Waals surface area contributed by atoms with Gasteiger partial charge in [-0.2, -0.15) is 0 Å². The van der Waals surface area contributed by atoms with Crippen molar-refractivity contribution in [1.29, 1.82) is 0 Å². The summed E-state index contributed by atoms with van der Waals surface area (Å²) in [5.41, 5.74) is 3.94. The lowest BCUT2D eigenvalue weighted by Gasteiger charge is -2.26. The quantitative estimate of drug-likeness (QED) is 0.418. The van der Waals surface area contributed by atoms with Crippen molar-refractivity contribution in [2.24, 2.45) is 0 Å². The van der Waals surface area contributed by atoms with Gasteiger partial charge in [-0.05, 0) is 54.8 Å². The maximum atomic E-state index is 13.6. The molecule has 8 heteroatoms. The van der Waals surface area contributed by atoms with Crippen molar-refractivity contribution in [3.05, 3.63) is 108 Å². The third-order valence-corrected chi connectivity index (χ3v) is 7.28. The van der Waals surface area contributed by atoms with Crippen molar-refractivity contribution in [3.63, 3.8) is 0 Å². The molecular weight excluding hydrogens is 448 g/mol. The molecule has 0 saturated carbocycles. The summed E-state index contributed by atoms with van der Waals surface area (Å²) in [6, 6.07) is 21.4. The molecule has 1 N–H and O–H groups in total. The van der Waals surface area contributed by atoms with Gasteiger partial charge in [0.05, 0.1) is 22.6 Å². The Morgan fingerprint density at radius 1 is 1.00 bits per heavy atom. The zero-order valence-electron chi connectivity index (χ0n) is 19.0. The van der Waals surface area contributed by atoms with Crippen LogP contribution in [0.3, 0.4) is 0 Å². The van der Waals surface area contributed by atoms with Crippen LogP contribution in [-0.2, 0) is 21.4 Å². The van der Waals surface area contributed by atoms with E-state index in [2.05, 4.69) is 10.3 Å². The summed E-state index contributed by atoms with van der Waals surface area (Å²) in [7, 11) is -3.95. The number of imidazole rings is 1. The predicted octanol–water partition coefficient (Wildman–Crippen LogP) is 4.00. The van der Waals surface area contributed by atoms with Gasteiger partial charge in [-0.25, -0.2) is 13.4 Å². The molecule has 34 heavy (non-hydrogen) atoms. The minimum atomic E-state index is -3.95. The van der Waals surface area contributed by atoms with Gasteiger partial charge in [0.15, 0.2) is 0 Å². The van der Waals surface area contributed by atoms with Crippen molar-refractivity contribution >= 4 is 21.6 Å². The number of para-hydroxylation sites is 1. The van der Waals surface area contributed by atoms with E-state index in [0.717, 1.165) is 22.4 Å². The van der Waals surface area contributed by atoms with E-state index >= 15 is 0 Å². The van der Waals surface area contributed by atoms with E-state index < -0.39 is 15.9 Å². The van der Waals surface area contributed by atoms with Crippen LogP contribution in [0.5, 0.6) is 0 Å². The van der Waals surface area contributed by atoms with Gasteiger partial charge >= 0.3 is 0 Å². The molecule has 7 nitrogen and oxygen atoms in total. The van der Waals surface area contributed by atoms with Crippen LogP contribution in [0.25, 0.3) is 5.69 Å². The Labute approximate surface area is 199 Å². The number of benzene rings is 3. The Hall–Kier alpha value is -3.91. The van der Waals surface area contributed by atoms with Crippen LogP contribution < -0.4 is 9.62 Å². The highest BCUT2D eigenvalue weighted by Crippen LogP contribution is 2.27. The highest BCUT2D eigenvalue weighted by molar-refractivity contribution is 7.92. The zero-order valence-corrected chi connectivity index (χ0v) is 19.9. The molecule has 4 rings (SSSR count). The minimum absolute atomic E-state index is 0.133. The minimum Gasteiger partial charge on any atom is -0.350 e. The first-order chi connectivity index (χ1) is 16.4. The fraction of sp³-hybridized carbons (Fsp3) is 0.154. The van der Waals surface area contributed by atoms with Gasteiger partial charge in [0.25, 0.3) is 10.0 Å². The molecule has 0 spiro atoms. The molecule has 0 fully saturated rings. The summed E-state index contributed by atoms with van der Waals surface area (Å²) in [6.07, 6.45) is 5.20. The smallest absolute Gasteiger partial charge is 0.264 e. The van der Waals surface area contributed by atoms with E-state index in [9.17, 15) is 13.2 Å². The number of amides is 1. The van der Waals surface area contributed by atoms with Crippen molar-refractivity contribution in [2.75, 3.05) is 10.8 Å². The third-order valence-electron chi connectivity index (χ3n) is 5.50. The Kier molecular flexibility index (Phi) is 6.79. The standard InChI is InChI=1S/C26H26N4O3S/c1-20-12-13-21(2)25(16-20)30(34(32,33)23-9-4-3-5-10-23)18-26(31)28-17-22-8-6-7-11-24(22)29-15-14-27-19-29/h3-16,19H,17-18H2,1-2H3,(H,28,31). The van der Waals surface area contributed by atoms with Gasteiger partial charge in [0, 0.05) is 18.9 Å². The topological polar surface area (TPSA) is 84.3 Å². The summed E-state index contributed by atoms with van der Waals surface area (Å²) in [6.45, 7) is 3.64. The van der Waals surface area contributed by atoms with Crippen LogP contribution >= 0.6 is 0 Å². The molecule has 0 unspecified atom stereocenters. The number of hydrogen-bond acceptors (Lipinski definition) is 4. The summed E-state index contributed by atoms with van der Waals surface area (Å²) >= 11 is 0. The average Bonchev–Trinajstić information content (AvgIpc) is 3.38. The second-order valence-electron chi connectivity index (χ2n) is 7.99. The molecule has 0 radical (unpaired) electrons. The molecule has 4 aromatic rings. The number of carbonyl (C=O) groups is 1. The van der Waals surface area contributed by atoms with Crippen molar-refractivity contribution in [2.45, 2.75) is 25.3 Å². The lowest BCUT2D eigenvalue weighted by molar-refractivity contribution is -0.119. The fourth-order valence-corrected chi connectivity index (χ4v) is 5.20. The second-order valence-corrected chi connectivity index (χ2v) is 9.85. The monoisotopic (exact) mass is 474 g/mol. The number of aryl methyl sites for hydroxylation is 2. The van der Waals surface area contributed by atoms with Crippen LogP contribution in [0.2, 0.25) is 0 Å². The Balaban J connectivity index is 1.60. The first-order valence-corrected chi connectivity index (χ1v) is 12.3. The van der Waals surface area contributed by atoms with Gasteiger partial charge < -0.3 is 9.88 Å². The Morgan fingerprint density at radius 3 is 2.47 bits per heavy atom. The van der Waals surface area contributed by atoms with E-state index in [-0.39, 0.29) is 18.0 Å². The largest absolute Gasteiger partial charge is 0.350 e. The fourth-order valence-electron chi connectivity index (χ4n) is 3.70. The van der Waals surface area contributed by atoms with Crippen LogP contribution in [0, 0.1) is 13.8 Å². The number of aromatic nitrogens is 2. The van der Waals surface area contributed by atoms with Crippen molar-refractivity contribution in [3.8, 4) is 5.69 Å². The molecule has 3 aromatic carbocycles. The molecule has 0 aliphatic carbocycles. The number of nitrogens with one attached hydrogen (secondary N) is 1. The molecule has 174 valence electrons. The van der Waals surface area contributed by atoms with Gasteiger partial charge in [0.1, 0.15) is 6.54 Å². The number of hydrogen-bond donors (Lipinski definition) is 1. The Bertz CT molecular complexity index is 1380. The van der Waals surface area contributed by atoms with E-state index in [1.165, 1.54) is 16.4 Å². The second kappa shape index (κ2) is 9.93. The van der Waals surface area contributed by atoms with Crippen LogP contribution in [-0.4, -0.2) is 30.4 Å². The van der Waals surface area contributed by atoms with E-state index in [1.807, 2.05) is 61.0 Å². The van der Waals surface area contributed by atoms with E-state index in [0.29, 0.717) is 5.69 Å². The van der Waals surface area contributed by atoms with Gasteiger partial charge in [-0.1, -0.05) is 48.5 Å². The third kappa shape index (κ3) is 5.02. The maximum Gasteiger partial charge on any atom is 0.264 e. The van der Waals surface area contributed by atoms with Gasteiger partial charge in [-0.3, -0.25) is 9.10 Å². The number of sulfonamides is 1.